The molecule has 0 aliphatic carbocycles. The molecule has 0 amide bonds. The van der Waals surface area contributed by atoms with Gasteiger partial charge in [0.25, 0.3) is 0 Å². The Kier molecular flexibility index (Phi) is 11.7. The van der Waals surface area contributed by atoms with Crippen LogP contribution in [0, 0.1) is 39.8 Å². The predicted octanol–water partition coefficient (Wildman–Crippen LogP) is 12.7. The number of furan rings is 1. The van der Waals surface area contributed by atoms with Gasteiger partial charge < -0.3 is 14.4 Å². The smallest absolute Gasteiger partial charge is 0.216 e. The normalized spacial score (nSPS) is 11.3. The van der Waals surface area contributed by atoms with E-state index in [4.69, 9.17) is 14.4 Å². The quantitative estimate of drug-likeness (QED) is 0.156. The third-order valence-electron chi connectivity index (χ3n) is 9.57. The van der Waals surface area contributed by atoms with Crippen molar-refractivity contribution in [3.05, 3.63) is 136 Å². The number of aromatic nitrogens is 3. The van der Waals surface area contributed by atoms with Crippen LogP contribution in [0.15, 0.2) is 89.6 Å². The van der Waals surface area contributed by atoms with Gasteiger partial charge in [-0.15, -0.1) is 53.6 Å². The van der Waals surface area contributed by atoms with E-state index in [9.17, 15) is 0 Å². The number of hydrogen-bond acceptors (Lipinski definition) is 4. The fraction of sp³-hybridized carbons (Fsp3) is 0.283. The van der Waals surface area contributed by atoms with Gasteiger partial charge >= 0.3 is 0 Å². The van der Waals surface area contributed by atoms with Crippen LogP contribution in [-0.2, 0) is 20.1 Å². The molecule has 7 aromatic rings. The summed E-state index contributed by atoms with van der Waals surface area (Å²) < 4.78 is 6.44. The molecule has 4 aromatic heterocycles. The number of aryl methyl sites for hydroxylation is 4. The molecule has 0 spiro atoms. The fourth-order valence-electron chi connectivity index (χ4n) is 6.54. The Morgan fingerprint density at radius 2 is 1.27 bits per heavy atom. The van der Waals surface area contributed by atoms with Crippen LogP contribution in [0.4, 0.5) is 0 Å². The van der Waals surface area contributed by atoms with Crippen LogP contribution in [0.2, 0.25) is 0 Å². The number of hydrogen-bond donors (Lipinski definition) is 0. The van der Waals surface area contributed by atoms with Crippen molar-refractivity contribution in [3.8, 4) is 33.8 Å². The van der Waals surface area contributed by atoms with Gasteiger partial charge in [-0.1, -0.05) is 101 Å². The molecule has 0 N–H and O–H groups in total. The first-order chi connectivity index (χ1) is 23.9. The zero-order valence-electron chi connectivity index (χ0n) is 31.4. The standard InChI is InChI=1S/C32H33N2O.C14H14N.Ir/c1-18(2)22-10-8-11-23(19(3)4)30(22)28-15-14-25-24-12-9-13-26(31(24)35-32(25)34-28)29-16-21(7)27(17-33-29)20(5)6;1-10-4-6-13(7-5-10)14-8-11(2)12(3)9-15-14;/h8-12,14-20H,1-7H3;4-6,8-9H,1-3H3;/q2*-1;. The summed E-state index contributed by atoms with van der Waals surface area (Å²) in [7, 11) is 0. The van der Waals surface area contributed by atoms with Crippen molar-refractivity contribution in [2.45, 2.75) is 87.0 Å². The van der Waals surface area contributed by atoms with E-state index in [-0.39, 0.29) is 20.1 Å². The van der Waals surface area contributed by atoms with Crippen LogP contribution in [0.1, 0.15) is 98.2 Å². The molecule has 0 bridgehead atoms. The van der Waals surface area contributed by atoms with Crippen LogP contribution >= 0.6 is 0 Å². The van der Waals surface area contributed by atoms with Crippen molar-refractivity contribution in [1.29, 1.82) is 0 Å². The van der Waals surface area contributed by atoms with Crippen molar-refractivity contribution in [2.75, 3.05) is 0 Å². The van der Waals surface area contributed by atoms with Gasteiger partial charge in [0.1, 0.15) is 0 Å². The van der Waals surface area contributed by atoms with E-state index >= 15 is 0 Å². The Balaban J connectivity index is 0.000000264. The van der Waals surface area contributed by atoms with Gasteiger partial charge in [0.05, 0.1) is 11.3 Å². The van der Waals surface area contributed by atoms with Crippen LogP contribution < -0.4 is 0 Å². The first-order valence-electron chi connectivity index (χ1n) is 17.7. The summed E-state index contributed by atoms with van der Waals surface area (Å²) in [5.41, 5.74) is 16.3. The predicted molar refractivity (Wildman–Crippen MR) is 209 cm³/mol. The molecule has 5 heteroatoms. The van der Waals surface area contributed by atoms with Gasteiger partial charge in [-0.25, -0.2) is 4.98 Å². The number of pyridine rings is 3. The molecule has 0 unspecified atom stereocenters. The van der Waals surface area contributed by atoms with Gasteiger partial charge in [0, 0.05) is 43.4 Å². The average Bonchev–Trinajstić information content (AvgIpc) is 3.47. The molecule has 1 radical (unpaired) electrons. The number of rotatable bonds is 6. The molecule has 4 nitrogen and oxygen atoms in total. The summed E-state index contributed by atoms with van der Waals surface area (Å²) in [5.74, 6) is 1.25. The van der Waals surface area contributed by atoms with Crippen LogP contribution in [-0.4, -0.2) is 15.0 Å². The third-order valence-corrected chi connectivity index (χ3v) is 9.57. The molecule has 0 saturated carbocycles. The van der Waals surface area contributed by atoms with Crippen LogP contribution in [0.25, 0.3) is 55.8 Å². The van der Waals surface area contributed by atoms with Gasteiger partial charge in [-0.05, 0) is 84.3 Å². The molecule has 51 heavy (non-hydrogen) atoms. The molecule has 263 valence electrons. The summed E-state index contributed by atoms with van der Waals surface area (Å²) in [6, 6.07) is 31.9. The van der Waals surface area contributed by atoms with Crippen molar-refractivity contribution in [3.63, 3.8) is 0 Å². The first-order valence-corrected chi connectivity index (χ1v) is 17.7. The monoisotopic (exact) mass is 850 g/mol. The second-order valence-electron chi connectivity index (χ2n) is 14.4. The molecule has 0 fully saturated rings. The zero-order valence-corrected chi connectivity index (χ0v) is 33.8. The largest absolute Gasteiger partial charge is 0.486 e. The Labute approximate surface area is 317 Å². The van der Waals surface area contributed by atoms with Crippen molar-refractivity contribution in [2.24, 2.45) is 0 Å². The molecular formula is C46H47IrN3O-2. The average molecular weight is 850 g/mol. The number of fused-ring (bicyclic) bond motifs is 3. The van der Waals surface area contributed by atoms with E-state index in [1.54, 1.807) is 0 Å². The molecule has 0 aliphatic heterocycles. The Morgan fingerprint density at radius 1 is 0.608 bits per heavy atom. The van der Waals surface area contributed by atoms with E-state index in [0.29, 0.717) is 23.5 Å². The van der Waals surface area contributed by atoms with Crippen molar-refractivity contribution >= 4 is 22.1 Å². The van der Waals surface area contributed by atoms with Gasteiger partial charge in [-0.3, -0.25) is 0 Å². The molecule has 0 atom stereocenters. The van der Waals surface area contributed by atoms with E-state index in [1.807, 2.05) is 24.5 Å². The first kappa shape index (κ1) is 37.8. The maximum atomic E-state index is 6.44. The van der Waals surface area contributed by atoms with E-state index in [2.05, 4.69) is 147 Å². The van der Waals surface area contributed by atoms with Gasteiger partial charge in [-0.2, -0.15) is 0 Å². The maximum absolute atomic E-state index is 6.44. The number of nitrogens with zero attached hydrogens (tertiary/aromatic N) is 3. The molecule has 4 heterocycles. The second kappa shape index (κ2) is 15.8. The fourth-order valence-corrected chi connectivity index (χ4v) is 6.54. The maximum Gasteiger partial charge on any atom is 0.216 e. The van der Waals surface area contributed by atoms with E-state index in [1.165, 1.54) is 44.5 Å². The van der Waals surface area contributed by atoms with Gasteiger partial charge in [0.15, 0.2) is 0 Å². The number of benzene rings is 3. The minimum atomic E-state index is 0. The van der Waals surface area contributed by atoms with Gasteiger partial charge in [0.2, 0.25) is 5.71 Å². The minimum Gasteiger partial charge on any atom is -0.486 e. The summed E-state index contributed by atoms with van der Waals surface area (Å²) >= 11 is 0. The Hall–Kier alpha value is -4.44. The Morgan fingerprint density at radius 3 is 1.88 bits per heavy atom. The summed E-state index contributed by atoms with van der Waals surface area (Å²) in [4.78, 5) is 14.2. The van der Waals surface area contributed by atoms with Crippen molar-refractivity contribution in [1.82, 2.24) is 15.0 Å². The van der Waals surface area contributed by atoms with E-state index < -0.39 is 0 Å². The second-order valence-corrected chi connectivity index (χ2v) is 14.4. The third kappa shape index (κ3) is 7.91. The molecular weight excluding hydrogens is 803 g/mol. The zero-order chi connectivity index (χ0) is 35.7. The van der Waals surface area contributed by atoms with E-state index in [0.717, 1.165) is 44.6 Å². The van der Waals surface area contributed by atoms with Crippen LogP contribution in [0.5, 0.6) is 0 Å². The summed E-state index contributed by atoms with van der Waals surface area (Å²) in [6.07, 6.45) is 3.90. The topological polar surface area (TPSA) is 51.8 Å². The summed E-state index contributed by atoms with van der Waals surface area (Å²) in [6.45, 7) is 21.7. The summed E-state index contributed by atoms with van der Waals surface area (Å²) in [5, 5.41) is 2.06. The molecule has 3 aromatic carbocycles. The molecule has 0 saturated heterocycles. The van der Waals surface area contributed by atoms with Crippen molar-refractivity contribution < 1.29 is 24.5 Å². The SMILES string of the molecule is Cc1c[c-]c(-c2cc(C)c(C)cn2)cc1.Cc1cc(-c2[c-]ccc3c2oc2nc(-c4c(C(C)C)cccc4C(C)C)ccc23)ncc1C(C)C.[Ir]. The van der Waals surface area contributed by atoms with Crippen LogP contribution in [0.3, 0.4) is 0 Å². The minimum absolute atomic E-state index is 0. The molecule has 7 rings (SSSR count). The molecule has 0 aliphatic rings. The Bertz CT molecular complexity index is 2270.